The first kappa shape index (κ1) is 14.2. The van der Waals surface area contributed by atoms with Gasteiger partial charge in [-0.25, -0.2) is 0 Å². The van der Waals surface area contributed by atoms with Gasteiger partial charge in [-0.3, -0.25) is 0 Å². The lowest BCUT2D eigenvalue weighted by atomic mass is 10.2. The SMILES string of the molecule is CC(NCCN(C)C(C)C)c1cc(Br)cs1. The standard InChI is InChI=1S/C12H21BrN2S/c1-9(2)15(4)6-5-14-10(3)12-7-11(13)8-16-12/h7-10,14H,5-6H2,1-4H3. The predicted octanol–water partition coefficient (Wildman–Crippen LogP) is 3.50. The van der Waals surface area contributed by atoms with Crippen molar-refractivity contribution in [2.75, 3.05) is 20.1 Å². The molecule has 0 fully saturated rings. The third kappa shape index (κ3) is 4.53. The quantitative estimate of drug-likeness (QED) is 0.865. The van der Waals surface area contributed by atoms with E-state index in [0.29, 0.717) is 12.1 Å². The van der Waals surface area contributed by atoms with Crippen molar-refractivity contribution in [3.05, 3.63) is 20.8 Å². The summed E-state index contributed by atoms with van der Waals surface area (Å²) >= 11 is 5.29. The van der Waals surface area contributed by atoms with Crippen LogP contribution in [-0.2, 0) is 0 Å². The van der Waals surface area contributed by atoms with Gasteiger partial charge in [0.2, 0.25) is 0 Å². The maximum atomic E-state index is 3.55. The second kappa shape index (κ2) is 6.74. The average molecular weight is 305 g/mol. The van der Waals surface area contributed by atoms with Crippen LogP contribution in [0.25, 0.3) is 0 Å². The topological polar surface area (TPSA) is 15.3 Å². The number of halogens is 1. The first-order valence-corrected chi connectivity index (χ1v) is 7.35. The molecule has 92 valence electrons. The molecule has 1 N–H and O–H groups in total. The molecule has 16 heavy (non-hydrogen) atoms. The molecule has 0 aromatic carbocycles. The monoisotopic (exact) mass is 304 g/mol. The molecule has 0 aliphatic carbocycles. The Kier molecular flexibility index (Phi) is 5.97. The number of nitrogens with one attached hydrogen (secondary N) is 1. The summed E-state index contributed by atoms with van der Waals surface area (Å²) in [6.07, 6.45) is 0. The number of nitrogens with zero attached hydrogens (tertiary/aromatic N) is 1. The second-order valence-corrected chi connectivity index (χ2v) is 6.28. The molecule has 1 atom stereocenters. The number of thiophene rings is 1. The average Bonchev–Trinajstić information content (AvgIpc) is 2.64. The molecule has 0 spiro atoms. The van der Waals surface area contributed by atoms with E-state index in [2.05, 4.69) is 65.4 Å². The van der Waals surface area contributed by atoms with Crippen LogP contribution in [0.15, 0.2) is 15.9 Å². The largest absolute Gasteiger partial charge is 0.308 e. The molecule has 0 aliphatic rings. The first-order valence-electron chi connectivity index (χ1n) is 5.68. The van der Waals surface area contributed by atoms with E-state index in [1.807, 2.05) is 0 Å². The highest BCUT2D eigenvalue weighted by Gasteiger charge is 2.08. The fourth-order valence-electron chi connectivity index (χ4n) is 1.37. The van der Waals surface area contributed by atoms with Crippen LogP contribution in [0.1, 0.15) is 31.7 Å². The smallest absolute Gasteiger partial charge is 0.0386 e. The Morgan fingerprint density at radius 3 is 2.62 bits per heavy atom. The van der Waals surface area contributed by atoms with E-state index in [0.717, 1.165) is 13.1 Å². The van der Waals surface area contributed by atoms with Crippen LogP contribution >= 0.6 is 27.3 Å². The molecular formula is C12H21BrN2S. The minimum Gasteiger partial charge on any atom is -0.308 e. The molecule has 0 saturated carbocycles. The van der Waals surface area contributed by atoms with Gasteiger partial charge < -0.3 is 10.2 Å². The van der Waals surface area contributed by atoms with Crippen molar-refractivity contribution in [3.63, 3.8) is 0 Å². The molecule has 1 unspecified atom stereocenters. The zero-order valence-electron chi connectivity index (χ0n) is 10.5. The Morgan fingerprint density at radius 2 is 2.12 bits per heavy atom. The Labute approximate surface area is 111 Å². The summed E-state index contributed by atoms with van der Waals surface area (Å²) in [4.78, 5) is 3.74. The van der Waals surface area contributed by atoms with Gasteiger partial charge in [0.25, 0.3) is 0 Å². The Morgan fingerprint density at radius 1 is 1.44 bits per heavy atom. The van der Waals surface area contributed by atoms with Crippen molar-refractivity contribution in [2.45, 2.75) is 32.9 Å². The minimum atomic E-state index is 0.442. The van der Waals surface area contributed by atoms with Crippen LogP contribution in [0.2, 0.25) is 0 Å². The zero-order valence-corrected chi connectivity index (χ0v) is 12.9. The van der Waals surface area contributed by atoms with Crippen molar-refractivity contribution in [2.24, 2.45) is 0 Å². The van der Waals surface area contributed by atoms with Crippen LogP contribution in [0.3, 0.4) is 0 Å². The normalized spacial score (nSPS) is 13.7. The summed E-state index contributed by atoms with van der Waals surface area (Å²) in [5, 5.41) is 5.68. The maximum absolute atomic E-state index is 3.55. The number of likely N-dealkylation sites (N-methyl/N-ethyl adjacent to an activating group) is 1. The number of hydrogen-bond donors (Lipinski definition) is 1. The van der Waals surface area contributed by atoms with Crippen molar-refractivity contribution in [1.29, 1.82) is 0 Å². The first-order chi connectivity index (χ1) is 7.50. The summed E-state index contributed by atoms with van der Waals surface area (Å²) in [6.45, 7) is 8.78. The van der Waals surface area contributed by atoms with Crippen LogP contribution < -0.4 is 5.32 Å². The fourth-order valence-corrected chi connectivity index (χ4v) is 2.85. The predicted molar refractivity (Wildman–Crippen MR) is 76.2 cm³/mol. The van der Waals surface area contributed by atoms with Crippen molar-refractivity contribution >= 4 is 27.3 Å². The van der Waals surface area contributed by atoms with E-state index in [9.17, 15) is 0 Å². The molecule has 1 aromatic rings. The molecule has 0 saturated heterocycles. The Hall–Kier alpha value is 0.1000. The number of hydrogen-bond acceptors (Lipinski definition) is 3. The zero-order chi connectivity index (χ0) is 12.1. The van der Waals surface area contributed by atoms with Gasteiger partial charge in [-0.05, 0) is 49.8 Å². The van der Waals surface area contributed by atoms with Gasteiger partial charge in [-0.2, -0.15) is 0 Å². The summed E-state index contributed by atoms with van der Waals surface area (Å²) in [6, 6.07) is 3.25. The molecule has 0 amide bonds. The van der Waals surface area contributed by atoms with Crippen molar-refractivity contribution < 1.29 is 0 Å². The lowest BCUT2D eigenvalue weighted by molar-refractivity contribution is 0.270. The lowest BCUT2D eigenvalue weighted by Crippen LogP contribution is -2.34. The van der Waals surface area contributed by atoms with E-state index in [4.69, 9.17) is 0 Å². The molecule has 4 heteroatoms. The minimum absolute atomic E-state index is 0.442. The van der Waals surface area contributed by atoms with Crippen molar-refractivity contribution in [3.8, 4) is 0 Å². The highest BCUT2D eigenvalue weighted by Crippen LogP contribution is 2.25. The Bertz CT molecular complexity index is 312. The summed E-state index contributed by atoms with van der Waals surface area (Å²) in [5.41, 5.74) is 0. The molecule has 0 bridgehead atoms. The van der Waals surface area contributed by atoms with Gasteiger partial charge in [0.15, 0.2) is 0 Å². The van der Waals surface area contributed by atoms with E-state index >= 15 is 0 Å². The molecule has 1 aromatic heterocycles. The van der Waals surface area contributed by atoms with Crippen LogP contribution in [0.5, 0.6) is 0 Å². The van der Waals surface area contributed by atoms with Crippen LogP contribution in [0, 0.1) is 0 Å². The molecule has 2 nitrogen and oxygen atoms in total. The third-order valence-corrected chi connectivity index (χ3v) is 4.69. The molecule has 0 aliphatic heterocycles. The van der Waals surface area contributed by atoms with Crippen LogP contribution in [0.4, 0.5) is 0 Å². The van der Waals surface area contributed by atoms with Gasteiger partial charge in [0.1, 0.15) is 0 Å². The lowest BCUT2D eigenvalue weighted by Gasteiger charge is -2.22. The van der Waals surface area contributed by atoms with Gasteiger partial charge >= 0.3 is 0 Å². The fraction of sp³-hybridized carbons (Fsp3) is 0.667. The summed E-state index contributed by atoms with van der Waals surface area (Å²) in [7, 11) is 2.17. The highest BCUT2D eigenvalue weighted by atomic mass is 79.9. The molecular weight excluding hydrogens is 284 g/mol. The van der Waals surface area contributed by atoms with E-state index in [-0.39, 0.29) is 0 Å². The second-order valence-electron chi connectivity index (χ2n) is 4.42. The molecule has 0 radical (unpaired) electrons. The third-order valence-electron chi connectivity index (χ3n) is 2.81. The highest BCUT2D eigenvalue weighted by molar-refractivity contribution is 9.10. The van der Waals surface area contributed by atoms with Crippen molar-refractivity contribution in [1.82, 2.24) is 10.2 Å². The van der Waals surface area contributed by atoms with Gasteiger partial charge in [0, 0.05) is 39.9 Å². The molecule has 1 rings (SSSR count). The summed E-state index contributed by atoms with van der Waals surface area (Å²) < 4.78 is 1.18. The van der Waals surface area contributed by atoms with Gasteiger partial charge in [-0.15, -0.1) is 11.3 Å². The Balaban J connectivity index is 2.28. The van der Waals surface area contributed by atoms with Crippen LogP contribution in [-0.4, -0.2) is 31.1 Å². The maximum Gasteiger partial charge on any atom is 0.0386 e. The summed E-state index contributed by atoms with van der Waals surface area (Å²) in [5.74, 6) is 0. The van der Waals surface area contributed by atoms with E-state index < -0.39 is 0 Å². The van der Waals surface area contributed by atoms with E-state index in [1.54, 1.807) is 11.3 Å². The van der Waals surface area contributed by atoms with Gasteiger partial charge in [0.05, 0.1) is 0 Å². The van der Waals surface area contributed by atoms with E-state index in [1.165, 1.54) is 9.35 Å². The van der Waals surface area contributed by atoms with Gasteiger partial charge in [-0.1, -0.05) is 0 Å². The molecule has 1 heterocycles. The number of rotatable bonds is 6.